The van der Waals surface area contributed by atoms with Gasteiger partial charge in [-0.1, -0.05) is 18.6 Å². The van der Waals surface area contributed by atoms with Crippen molar-refractivity contribution in [2.24, 2.45) is 5.92 Å². The number of carbonyl (C=O) groups is 1. The van der Waals surface area contributed by atoms with Crippen LogP contribution in [0.3, 0.4) is 0 Å². The Hall–Kier alpha value is -1.84. The van der Waals surface area contributed by atoms with Crippen LogP contribution >= 0.6 is 0 Å². The molecular formula is C16H18N2O2. The van der Waals surface area contributed by atoms with Gasteiger partial charge in [-0.15, -0.1) is 0 Å². The number of aromatic nitrogens is 2. The summed E-state index contributed by atoms with van der Waals surface area (Å²) in [5.41, 5.74) is 2.17. The minimum atomic E-state index is -0.665. The van der Waals surface area contributed by atoms with Gasteiger partial charge in [0.15, 0.2) is 0 Å². The average Bonchev–Trinajstić information content (AvgIpc) is 3.04. The van der Waals surface area contributed by atoms with Gasteiger partial charge in [-0.3, -0.25) is 4.79 Å². The number of aliphatic carboxylic acids is 1. The van der Waals surface area contributed by atoms with Gasteiger partial charge in [0, 0.05) is 12.0 Å². The van der Waals surface area contributed by atoms with Crippen LogP contribution in [0.1, 0.15) is 49.9 Å². The van der Waals surface area contributed by atoms with Crippen LogP contribution in [0.15, 0.2) is 24.3 Å². The summed E-state index contributed by atoms with van der Waals surface area (Å²) < 4.78 is 2.32. The first-order valence-corrected chi connectivity index (χ1v) is 7.45. The molecule has 1 heterocycles. The third-order valence-corrected chi connectivity index (χ3v) is 4.70. The summed E-state index contributed by atoms with van der Waals surface area (Å²) in [7, 11) is 0. The van der Waals surface area contributed by atoms with Crippen molar-refractivity contribution in [2.45, 2.75) is 44.1 Å². The van der Waals surface area contributed by atoms with Gasteiger partial charge in [0.05, 0.1) is 17.0 Å². The molecule has 0 amide bonds. The maximum absolute atomic E-state index is 11.5. The predicted octanol–water partition coefficient (Wildman–Crippen LogP) is 3.34. The molecule has 4 nitrogen and oxygen atoms in total. The smallest absolute Gasteiger partial charge is 0.307 e. The highest BCUT2D eigenvalue weighted by Crippen LogP contribution is 2.45. The van der Waals surface area contributed by atoms with E-state index in [1.54, 1.807) is 0 Å². The number of benzene rings is 1. The number of rotatable bonds is 3. The highest BCUT2D eigenvalue weighted by atomic mass is 16.4. The molecule has 0 aliphatic heterocycles. The van der Waals surface area contributed by atoms with Crippen molar-refractivity contribution in [1.29, 1.82) is 0 Å². The van der Waals surface area contributed by atoms with Gasteiger partial charge in [-0.25, -0.2) is 4.98 Å². The van der Waals surface area contributed by atoms with E-state index in [-0.39, 0.29) is 11.8 Å². The van der Waals surface area contributed by atoms with Gasteiger partial charge in [-0.05, 0) is 37.8 Å². The van der Waals surface area contributed by atoms with Crippen molar-refractivity contribution in [2.75, 3.05) is 0 Å². The molecule has 1 aromatic heterocycles. The molecule has 2 saturated carbocycles. The van der Waals surface area contributed by atoms with E-state index >= 15 is 0 Å². The van der Waals surface area contributed by atoms with Crippen LogP contribution in [0.4, 0.5) is 0 Å². The van der Waals surface area contributed by atoms with Crippen molar-refractivity contribution in [3.05, 3.63) is 30.1 Å². The summed E-state index contributed by atoms with van der Waals surface area (Å²) in [6.07, 6.45) is 5.12. The highest BCUT2D eigenvalue weighted by molar-refractivity contribution is 5.77. The Kier molecular flexibility index (Phi) is 2.59. The van der Waals surface area contributed by atoms with E-state index in [1.807, 2.05) is 18.2 Å². The van der Waals surface area contributed by atoms with E-state index in [1.165, 1.54) is 18.4 Å². The first-order valence-electron chi connectivity index (χ1n) is 7.45. The van der Waals surface area contributed by atoms with Crippen LogP contribution in [0.5, 0.6) is 0 Å². The molecule has 0 radical (unpaired) electrons. The molecule has 0 bridgehead atoms. The molecule has 4 heteroatoms. The molecule has 2 aromatic rings. The second kappa shape index (κ2) is 4.33. The van der Waals surface area contributed by atoms with E-state index in [4.69, 9.17) is 4.98 Å². The largest absolute Gasteiger partial charge is 0.481 e. The molecule has 2 unspecified atom stereocenters. The molecule has 2 atom stereocenters. The summed E-state index contributed by atoms with van der Waals surface area (Å²) in [5.74, 6) is 0.172. The lowest BCUT2D eigenvalue weighted by Crippen LogP contribution is -2.20. The second-order valence-electron chi connectivity index (χ2n) is 6.04. The third kappa shape index (κ3) is 1.74. The van der Waals surface area contributed by atoms with Gasteiger partial charge < -0.3 is 9.67 Å². The van der Waals surface area contributed by atoms with Crippen LogP contribution in [-0.4, -0.2) is 20.6 Å². The Morgan fingerprint density at radius 3 is 2.75 bits per heavy atom. The Bertz CT molecular complexity index is 672. The van der Waals surface area contributed by atoms with Gasteiger partial charge >= 0.3 is 5.97 Å². The minimum Gasteiger partial charge on any atom is -0.481 e. The fraction of sp³-hybridized carbons (Fsp3) is 0.500. The number of carboxylic acid groups (broad SMARTS) is 1. The van der Waals surface area contributed by atoms with Gasteiger partial charge in [0.2, 0.25) is 0 Å². The van der Waals surface area contributed by atoms with E-state index < -0.39 is 5.97 Å². The summed E-state index contributed by atoms with van der Waals surface area (Å²) in [5, 5.41) is 9.43. The molecule has 4 rings (SSSR count). The molecule has 0 saturated heterocycles. The number of hydrogen-bond donors (Lipinski definition) is 1. The zero-order chi connectivity index (χ0) is 13.7. The van der Waals surface area contributed by atoms with Crippen LogP contribution in [0.25, 0.3) is 11.0 Å². The number of para-hydroxylation sites is 2. The van der Waals surface area contributed by atoms with Crippen molar-refractivity contribution < 1.29 is 9.90 Å². The van der Waals surface area contributed by atoms with E-state index in [0.29, 0.717) is 6.04 Å². The second-order valence-corrected chi connectivity index (χ2v) is 6.04. The Morgan fingerprint density at radius 1 is 1.20 bits per heavy atom. The summed E-state index contributed by atoms with van der Waals surface area (Å²) in [4.78, 5) is 16.2. The molecule has 1 aromatic carbocycles. The summed E-state index contributed by atoms with van der Waals surface area (Å²) >= 11 is 0. The first kappa shape index (κ1) is 11.9. The van der Waals surface area contributed by atoms with Crippen LogP contribution in [0.2, 0.25) is 0 Å². The van der Waals surface area contributed by atoms with Crippen molar-refractivity contribution in [3.63, 3.8) is 0 Å². The first-order chi connectivity index (χ1) is 9.75. The average molecular weight is 270 g/mol. The number of carboxylic acids is 1. The number of nitrogens with zero attached hydrogens (tertiary/aromatic N) is 2. The SMILES string of the molecule is O=C(O)C1CCCC1c1nc2ccccc2n1C1CC1. The van der Waals surface area contributed by atoms with Crippen molar-refractivity contribution >= 4 is 17.0 Å². The zero-order valence-corrected chi connectivity index (χ0v) is 11.3. The normalized spacial score (nSPS) is 26.2. The number of imidazole rings is 1. The number of hydrogen-bond acceptors (Lipinski definition) is 2. The predicted molar refractivity (Wildman–Crippen MR) is 75.7 cm³/mol. The zero-order valence-electron chi connectivity index (χ0n) is 11.3. The Balaban J connectivity index is 1.86. The molecule has 1 N–H and O–H groups in total. The maximum atomic E-state index is 11.5. The highest BCUT2D eigenvalue weighted by Gasteiger charge is 2.39. The topological polar surface area (TPSA) is 55.1 Å². The third-order valence-electron chi connectivity index (χ3n) is 4.70. The quantitative estimate of drug-likeness (QED) is 0.930. The molecule has 0 spiro atoms. The van der Waals surface area contributed by atoms with E-state index in [9.17, 15) is 9.90 Å². The molecular weight excluding hydrogens is 252 g/mol. The number of fused-ring (bicyclic) bond motifs is 1. The van der Waals surface area contributed by atoms with Gasteiger partial charge in [0.1, 0.15) is 5.82 Å². The molecule has 20 heavy (non-hydrogen) atoms. The van der Waals surface area contributed by atoms with E-state index in [2.05, 4.69) is 10.6 Å². The molecule has 2 fully saturated rings. The Morgan fingerprint density at radius 2 is 2.00 bits per heavy atom. The van der Waals surface area contributed by atoms with Gasteiger partial charge in [0.25, 0.3) is 0 Å². The van der Waals surface area contributed by atoms with E-state index in [0.717, 1.165) is 30.6 Å². The fourth-order valence-corrected chi connectivity index (χ4v) is 3.61. The van der Waals surface area contributed by atoms with Crippen molar-refractivity contribution in [1.82, 2.24) is 9.55 Å². The monoisotopic (exact) mass is 270 g/mol. The lowest BCUT2D eigenvalue weighted by atomic mass is 9.95. The van der Waals surface area contributed by atoms with Crippen molar-refractivity contribution in [3.8, 4) is 0 Å². The summed E-state index contributed by atoms with van der Waals surface area (Å²) in [6.45, 7) is 0. The minimum absolute atomic E-state index is 0.0838. The summed E-state index contributed by atoms with van der Waals surface area (Å²) in [6, 6.07) is 8.71. The molecule has 2 aliphatic carbocycles. The van der Waals surface area contributed by atoms with Crippen LogP contribution < -0.4 is 0 Å². The van der Waals surface area contributed by atoms with Crippen LogP contribution in [-0.2, 0) is 4.79 Å². The fourth-order valence-electron chi connectivity index (χ4n) is 3.61. The maximum Gasteiger partial charge on any atom is 0.307 e. The molecule has 104 valence electrons. The van der Waals surface area contributed by atoms with Crippen LogP contribution in [0, 0.1) is 5.92 Å². The Labute approximate surface area is 117 Å². The lowest BCUT2D eigenvalue weighted by molar-refractivity contribution is -0.142. The standard InChI is InChI=1S/C16H18N2O2/c19-16(20)12-5-3-4-11(12)15-17-13-6-1-2-7-14(13)18(15)10-8-9-10/h1-2,6-7,10-12H,3-5,8-9H2,(H,19,20). The lowest BCUT2D eigenvalue weighted by Gasteiger charge is -2.17. The molecule has 2 aliphatic rings. The van der Waals surface area contributed by atoms with Gasteiger partial charge in [-0.2, -0.15) is 0 Å².